The van der Waals surface area contributed by atoms with Crippen molar-refractivity contribution >= 4 is 11.4 Å². The highest BCUT2D eigenvalue weighted by Gasteiger charge is 2.23. The molecule has 0 radical (unpaired) electrons. The summed E-state index contributed by atoms with van der Waals surface area (Å²) in [6.45, 7) is 7.96. The van der Waals surface area contributed by atoms with Crippen molar-refractivity contribution in [1.29, 1.82) is 0 Å². The molecule has 1 aromatic rings. The van der Waals surface area contributed by atoms with Crippen molar-refractivity contribution in [2.75, 3.05) is 24.3 Å². The molecule has 3 N–H and O–H groups in total. The molecule has 0 spiro atoms. The molecule has 0 saturated carbocycles. The number of aliphatic hydroxyl groups is 1. The molecule has 102 valence electrons. The molecule has 0 atom stereocenters. The van der Waals surface area contributed by atoms with E-state index >= 15 is 0 Å². The van der Waals surface area contributed by atoms with Gasteiger partial charge in [-0.05, 0) is 33.8 Å². The van der Waals surface area contributed by atoms with Gasteiger partial charge in [0.2, 0.25) is 0 Å². The number of anilines is 2. The van der Waals surface area contributed by atoms with Gasteiger partial charge in [-0.1, -0.05) is 0 Å². The zero-order valence-electron chi connectivity index (χ0n) is 11.9. The first kappa shape index (κ1) is 14.6. The zero-order chi connectivity index (χ0) is 13.9. The second kappa shape index (κ2) is 5.48. The molecule has 4 nitrogen and oxygen atoms in total. The monoisotopic (exact) mass is 252 g/mol. The van der Waals surface area contributed by atoms with E-state index in [9.17, 15) is 5.11 Å². The Hall–Kier alpha value is -1.42. The summed E-state index contributed by atoms with van der Waals surface area (Å²) in [5.41, 5.74) is 7.14. The summed E-state index contributed by atoms with van der Waals surface area (Å²) in [6, 6.07) is 5.63. The van der Waals surface area contributed by atoms with Crippen LogP contribution in [0, 0.1) is 0 Å². The first-order chi connectivity index (χ1) is 8.26. The predicted molar refractivity (Wildman–Crippen MR) is 76.2 cm³/mol. The van der Waals surface area contributed by atoms with Crippen molar-refractivity contribution in [2.45, 2.75) is 39.3 Å². The van der Waals surface area contributed by atoms with Crippen LogP contribution in [0.5, 0.6) is 5.75 Å². The smallest absolute Gasteiger partial charge is 0.123 e. The van der Waals surface area contributed by atoms with Gasteiger partial charge in [0.05, 0.1) is 18.2 Å². The Bertz CT molecular complexity index is 403. The largest absolute Gasteiger partial charge is 0.491 e. The number of nitrogens with two attached hydrogens (primary N) is 1. The van der Waals surface area contributed by atoms with Crippen LogP contribution in [0.25, 0.3) is 0 Å². The van der Waals surface area contributed by atoms with E-state index < -0.39 is 0 Å². The second-order valence-electron chi connectivity index (χ2n) is 5.46. The zero-order valence-corrected chi connectivity index (χ0v) is 11.9. The Balaban J connectivity index is 3.06. The number of rotatable bonds is 5. The number of nitrogens with zero attached hydrogens (tertiary/aromatic N) is 1. The summed E-state index contributed by atoms with van der Waals surface area (Å²) in [4.78, 5) is 2.00. The lowest BCUT2D eigenvalue weighted by molar-refractivity contribution is 0.216. The van der Waals surface area contributed by atoms with Crippen molar-refractivity contribution in [3.8, 4) is 5.75 Å². The summed E-state index contributed by atoms with van der Waals surface area (Å²) in [7, 11) is 1.93. The third-order valence-electron chi connectivity index (χ3n) is 2.97. The summed E-state index contributed by atoms with van der Waals surface area (Å²) in [5, 5.41) is 9.41. The fourth-order valence-electron chi connectivity index (χ4n) is 1.60. The molecule has 0 aliphatic heterocycles. The maximum absolute atomic E-state index is 9.41. The molecule has 0 saturated heterocycles. The first-order valence-electron chi connectivity index (χ1n) is 6.18. The standard InChI is InChI=1S/C14H24N2O2/c1-10(2)18-13-7-11(15)6-12(8-13)16(5)14(3,4)9-17/h6-8,10,17H,9,15H2,1-5H3. The number of likely N-dealkylation sites (N-methyl/N-ethyl adjacent to an activating group) is 1. The van der Waals surface area contributed by atoms with Crippen LogP contribution in [-0.2, 0) is 0 Å². The van der Waals surface area contributed by atoms with Crippen molar-refractivity contribution in [3.63, 3.8) is 0 Å². The molecule has 0 heterocycles. The van der Waals surface area contributed by atoms with E-state index in [1.165, 1.54) is 0 Å². The van der Waals surface area contributed by atoms with Crippen LogP contribution in [0.3, 0.4) is 0 Å². The lowest BCUT2D eigenvalue weighted by Gasteiger charge is -2.36. The number of hydrogen-bond acceptors (Lipinski definition) is 4. The van der Waals surface area contributed by atoms with E-state index in [2.05, 4.69) is 0 Å². The molecular weight excluding hydrogens is 228 g/mol. The molecular formula is C14H24N2O2. The average Bonchev–Trinajstić information content (AvgIpc) is 2.26. The normalized spacial score (nSPS) is 11.7. The molecule has 0 fully saturated rings. The van der Waals surface area contributed by atoms with Gasteiger partial charge < -0.3 is 20.5 Å². The van der Waals surface area contributed by atoms with E-state index in [0.717, 1.165) is 11.4 Å². The van der Waals surface area contributed by atoms with Crippen molar-refractivity contribution in [1.82, 2.24) is 0 Å². The van der Waals surface area contributed by atoms with Gasteiger partial charge in [-0.2, -0.15) is 0 Å². The van der Waals surface area contributed by atoms with Gasteiger partial charge in [0.1, 0.15) is 5.75 Å². The summed E-state index contributed by atoms with van der Waals surface area (Å²) < 4.78 is 5.66. The fraction of sp³-hybridized carbons (Fsp3) is 0.571. The molecule has 0 bridgehead atoms. The quantitative estimate of drug-likeness (QED) is 0.789. The van der Waals surface area contributed by atoms with Gasteiger partial charge in [0, 0.05) is 30.6 Å². The van der Waals surface area contributed by atoms with Gasteiger partial charge >= 0.3 is 0 Å². The number of nitrogen functional groups attached to an aromatic ring is 1. The van der Waals surface area contributed by atoms with E-state index in [1.807, 2.05) is 57.8 Å². The lowest BCUT2D eigenvalue weighted by Crippen LogP contribution is -2.44. The average molecular weight is 252 g/mol. The van der Waals surface area contributed by atoms with Crippen LogP contribution >= 0.6 is 0 Å². The van der Waals surface area contributed by atoms with Crippen LogP contribution in [0.2, 0.25) is 0 Å². The van der Waals surface area contributed by atoms with Crippen molar-refractivity contribution in [3.05, 3.63) is 18.2 Å². The molecule has 0 aliphatic rings. The lowest BCUT2D eigenvalue weighted by atomic mass is 10.0. The summed E-state index contributed by atoms with van der Waals surface area (Å²) in [6.07, 6.45) is 0.107. The molecule has 4 heteroatoms. The first-order valence-corrected chi connectivity index (χ1v) is 6.18. The SMILES string of the molecule is CC(C)Oc1cc(N)cc(N(C)C(C)(C)CO)c1. The number of aliphatic hydroxyl groups excluding tert-OH is 1. The van der Waals surface area contributed by atoms with Crippen molar-refractivity contribution in [2.24, 2.45) is 0 Å². The Morgan fingerprint density at radius 1 is 1.33 bits per heavy atom. The summed E-state index contributed by atoms with van der Waals surface area (Å²) >= 11 is 0. The van der Waals surface area contributed by atoms with Crippen LogP contribution in [0.15, 0.2) is 18.2 Å². The van der Waals surface area contributed by atoms with Crippen LogP contribution in [-0.4, -0.2) is 30.4 Å². The maximum Gasteiger partial charge on any atom is 0.123 e. The molecule has 0 unspecified atom stereocenters. The third-order valence-corrected chi connectivity index (χ3v) is 2.97. The Morgan fingerprint density at radius 3 is 2.44 bits per heavy atom. The van der Waals surface area contributed by atoms with Gasteiger partial charge in [-0.3, -0.25) is 0 Å². The second-order valence-corrected chi connectivity index (χ2v) is 5.46. The highest BCUT2D eigenvalue weighted by Crippen LogP contribution is 2.29. The van der Waals surface area contributed by atoms with Crippen LogP contribution in [0.1, 0.15) is 27.7 Å². The molecule has 1 rings (SSSR count). The maximum atomic E-state index is 9.41. The number of benzene rings is 1. The van der Waals surface area contributed by atoms with E-state index in [-0.39, 0.29) is 18.2 Å². The number of hydrogen-bond donors (Lipinski definition) is 2. The minimum Gasteiger partial charge on any atom is -0.491 e. The predicted octanol–water partition coefficient (Wildman–Crippen LogP) is 2.26. The van der Waals surface area contributed by atoms with Gasteiger partial charge in [-0.25, -0.2) is 0 Å². The Morgan fingerprint density at radius 2 is 1.94 bits per heavy atom. The molecule has 18 heavy (non-hydrogen) atoms. The van der Waals surface area contributed by atoms with E-state index in [0.29, 0.717) is 5.69 Å². The van der Waals surface area contributed by atoms with Gasteiger partial charge in [-0.15, -0.1) is 0 Å². The Kier molecular flexibility index (Phi) is 4.46. The molecule has 0 aliphatic carbocycles. The molecule has 0 aromatic heterocycles. The Labute approximate surface area is 109 Å². The topological polar surface area (TPSA) is 58.7 Å². The third kappa shape index (κ3) is 3.53. The van der Waals surface area contributed by atoms with E-state index in [4.69, 9.17) is 10.5 Å². The van der Waals surface area contributed by atoms with Crippen molar-refractivity contribution < 1.29 is 9.84 Å². The summed E-state index contributed by atoms with van der Waals surface area (Å²) in [5.74, 6) is 0.751. The molecule has 0 amide bonds. The highest BCUT2D eigenvalue weighted by molar-refractivity contribution is 5.61. The van der Waals surface area contributed by atoms with Gasteiger partial charge in [0.15, 0.2) is 0 Å². The fourth-order valence-corrected chi connectivity index (χ4v) is 1.60. The minimum absolute atomic E-state index is 0.0681. The minimum atomic E-state index is -0.344. The molecule has 1 aromatic carbocycles. The van der Waals surface area contributed by atoms with Gasteiger partial charge in [0.25, 0.3) is 0 Å². The number of ether oxygens (including phenoxy) is 1. The highest BCUT2D eigenvalue weighted by atomic mass is 16.5. The van der Waals surface area contributed by atoms with Crippen LogP contribution in [0.4, 0.5) is 11.4 Å². The van der Waals surface area contributed by atoms with E-state index in [1.54, 1.807) is 0 Å². The van der Waals surface area contributed by atoms with Crippen LogP contribution < -0.4 is 15.4 Å².